The average Bonchev–Trinajstić information content (AvgIpc) is 2.75. The summed E-state index contributed by atoms with van der Waals surface area (Å²) in [6.45, 7) is 0.0869. The Balaban J connectivity index is 1.54. The molecule has 7 heteroatoms. The van der Waals surface area contributed by atoms with Crippen LogP contribution in [-0.2, 0) is 14.8 Å². The number of hydrogen-bond donors (Lipinski definition) is 1. The van der Waals surface area contributed by atoms with E-state index in [2.05, 4.69) is 21.3 Å². The number of sulfonamides is 1. The molecule has 0 spiro atoms. The lowest BCUT2D eigenvalue weighted by molar-refractivity contribution is 0.0600. The smallest absolute Gasteiger partial charge is 0.337 e. The maximum atomic E-state index is 12.3. The van der Waals surface area contributed by atoms with Crippen molar-refractivity contribution >= 4 is 26.8 Å². The summed E-state index contributed by atoms with van der Waals surface area (Å²) in [6, 6.07) is 19.1. The van der Waals surface area contributed by atoms with E-state index >= 15 is 0 Å². The Kier molecular flexibility index (Phi) is 6.50. The molecule has 3 rings (SSSR count). The van der Waals surface area contributed by atoms with Gasteiger partial charge in [-0.3, -0.25) is 0 Å². The monoisotopic (exact) mass is 409 g/mol. The van der Waals surface area contributed by atoms with E-state index in [9.17, 15) is 13.2 Å². The molecule has 0 aliphatic rings. The van der Waals surface area contributed by atoms with Crippen molar-refractivity contribution in [3.63, 3.8) is 0 Å². The highest BCUT2D eigenvalue weighted by molar-refractivity contribution is 7.89. The third kappa shape index (κ3) is 5.13. The topological polar surface area (TPSA) is 81.7 Å². The molecule has 0 aromatic heterocycles. The molecule has 3 aromatic carbocycles. The Morgan fingerprint density at radius 3 is 2.45 bits per heavy atom. The first kappa shape index (κ1) is 20.4. The van der Waals surface area contributed by atoms with E-state index in [1.165, 1.54) is 31.4 Å². The first-order valence-electron chi connectivity index (χ1n) is 8.75. The first-order valence-corrected chi connectivity index (χ1v) is 10.2. The van der Waals surface area contributed by atoms with Crippen LogP contribution in [0.15, 0.2) is 71.6 Å². The molecule has 0 radical (unpaired) electrons. The zero-order valence-corrected chi connectivity index (χ0v) is 16.5. The van der Waals surface area contributed by atoms with Crippen LogP contribution in [0.25, 0.3) is 10.8 Å². The number of carbonyl (C=O) groups excluding carboxylic acids is 1. The lowest BCUT2D eigenvalue weighted by Gasteiger charge is -2.06. The standard InChI is InChI=1S/C22H19NO5S/c1-27-22(24)18-11-13-19(14-12-18)29(25,26)23-15-4-5-16-28-21-10-6-8-17-7-2-3-9-20(17)21/h2-3,6-14,23H,15-16H2,1H3. The molecule has 0 fully saturated rings. The second-order valence-corrected chi connectivity index (χ2v) is 7.73. The second-order valence-electron chi connectivity index (χ2n) is 5.96. The van der Waals surface area contributed by atoms with Crippen LogP contribution in [0.3, 0.4) is 0 Å². The van der Waals surface area contributed by atoms with Crippen LogP contribution < -0.4 is 9.46 Å². The van der Waals surface area contributed by atoms with Crippen molar-refractivity contribution in [2.45, 2.75) is 4.90 Å². The van der Waals surface area contributed by atoms with Crippen molar-refractivity contribution in [1.82, 2.24) is 4.72 Å². The Bertz CT molecular complexity index is 1170. The highest BCUT2D eigenvalue weighted by atomic mass is 32.2. The number of hydrogen-bond acceptors (Lipinski definition) is 5. The summed E-state index contributed by atoms with van der Waals surface area (Å²) in [4.78, 5) is 11.4. The van der Waals surface area contributed by atoms with Crippen LogP contribution >= 0.6 is 0 Å². The summed E-state index contributed by atoms with van der Waals surface area (Å²) in [5, 5.41) is 2.07. The molecule has 0 bridgehead atoms. The van der Waals surface area contributed by atoms with Gasteiger partial charge in [0.1, 0.15) is 12.4 Å². The van der Waals surface area contributed by atoms with Gasteiger partial charge in [-0.1, -0.05) is 48.2 Å². The average molecular weight is 409 g/mol. The normalized spacial score (nSPS) is 10.8. The van der Waals surface area contributed by atoms with Gasteiger partial charge in [-0.05, 0) is 35.7 Å². The fraction of sp³-hybridized carbons (Fsp3) is 0.136. The number of methoxy groups -OCH3 is 1. The summed E-state index contributed by atoms with van der Waals surface area (Å²) in [6.07, 6.45) is 0. The molecule has 29 heavy (non-hydrogen) atoms. The molecule has 0 aliphatic carbocycles. The van der Waals surface area contributed by atoms with Gasteiger partial charge in [0.2, 0.25) is 10.0 Å². The number of rotatable bonds is 6. The van der Waals surface area contributed by atoms with E-state index in [1.54, 1.807) is 0 Å². The summed E-state index contributed by atoms with van der Waals surface area (Å²) < 4.78 is 37.2. The Hall–Kier alpha value is -3.34. The van der Waals surface area contributed by atoms with Crippen molar-refractivity contribution in [2.75, 3.05) is 20.3 Å². The first-order chi connectivity index (χ1) is 14.0. The van der Waals surface area contributed by atoms with Gasteiger partial charge in [0.05, 0.1) is 24.1 Å². The Labute approximate surface area is 169 Å². The van der Waals surface area contributed by atoms with E-state index in [1.807, 2.05) is 42.5 Å². The van der Waals surface area contributed by atoms with Gasteiger partial charge >= 0.3 is 5.97 Å². The van der Waals surface area contributed by atoms with Gasteiger partial charge in [-0.15, -0.1) is 0 Å². The van der Waals surface area contributed by atoms with Gasteiger partial charge in [0.15, 0.2) is 0 Å². The van der Waals surface area contributed by atoms with E-state index in [4.69, 9.17) is 4.74 Å². The number of benzene rings is 3. The maximum Gasteiger partial charge on any atom is 0.337 e. The van der Waals surface area contributed by atoms with Crippen LogP contribution in [0.2, 0.25) is 0 Å². The molecule has 1 N–H and O–H groups in total. The zero-order valence-electron chi connectivity index (χ0n) is 15.7. The Morgan fingerprint density at radius 2 is 1.69 bits per heavy atom. The lowest BCUT2D eigenvalue weighted by atomic mass is 10.1. The molecule has 3 aromatic rings. The minimum Gasteiger partial charge on any atom is -0.480 e. The third-order valence-corrected chi connectivity index (χ3v) is 5.53. The summed E-state index contributed by atoms with van der Waals surface area (Å²) in [7, 11) is -2.46. The number of esters is 1. The Morgan fingerprint density at radius 1 is 0.966 bits per heavy atom. The molecular weight excluding hydrogens is 390 g/mol. The van der Waals surface area contributed by atoms with Crippen LogP contribution in [0.5, 0.6) is 5.75 Å². The largest absolute Gasteiger partial charge is 0.480 e. The predicted octanol–water partition coefficient (Wildman–Crippen LogP) is 2.99. The number of fused-ring (bicyclic) bond motifs is 1. The van der Waals surface area contributed by atoms with E-state index in [-0.39, 0.29) is 23.6 Å². The summed E-state index contributed by atoms with van der Waals surface area (Å²) >= 11 is 0. The third-order valence-electron chi connectivity index (χ3n) is 4.11. The highest BCUT2D eigenvalue weighted by Gasteiger charge is 2.14. The van der Waals surface area contributed by atoms with Gasteiger partial charge in [0, 0.05) is 5.39 Å². The van der Waals surface area contributed by atoms with E-state index in [0.717, 1.165) is 16.5 Å². The molecule has 0 heterocycles. The predicted molar refractivity (Wildman–Crippen MR) is 110 cm³/mol. The van der Waals surface area contributed by atoms with Crippen LogP contribution in [0, 0.1) is 11.8 Å². The van der Waals surface area contributed by atoms with Crippen LogP contribution in [0.1, 0.15) is 10.4 Å². The van der Waals surface area contributed by atoms with E-state index < -0.39 is 16.0 Å². The highest BCUT2D eigenvalue weighted by Crippen LogP contribution is 2.24. The molecule has 148 valence electrons. The summed E-state index contributed by atoms with van der Waals surface area (Å²) in [5.41, 5.74) is 0.275. The molecule has 0 unspecified atom stereocenters. The molecule has 0 aliphatic heterocycles. The number of ether oxygens (including phenoxy) is 2. The quantitative estimate of drug-likeness (QED) is 0.500. The van der Waals surface area contributed by atoms with Gasteiger partial charge in [-0.25, -0.2) is 13.2 Å². The minimum absolute atomic E-state index is 0.0407. The van der Waals surface area contributed by atoms with Gasteiger partial charge in [-0.2, -0.15) is 4.72 Å². The molecule has 6 nitrogen and oxygen atoms in total. The SMILES string of the molecule is COC(=O)c1ccc(S(=O)(=O)NCC#CCOc2cccc3ccccc23)cc1. The zero-order chi connectivity index (χ0) is 20.7. The van der Waals surface area contributed by atoms with Crippen molar-refractivity contribution in [3.05, 3.63) is 72.3 Å². The maximum absolute atomic E-state index is 12.3. The summed E-state index contributed by atoms with van der Waals surface area (Å²) in [5.74, 6) is 5.72. The fourth-order valence-corrected chi connectivity index (χ4v) is 3.57. The van der Waals surface area contributed by atoms with Gasteiger partial charge < -0.3 is 9.47 Å². The molecular formula is C22H19NO5S. The second kappa shape index (κ2) is 9.24. The molecule has 0 amide bonds. The van der Waals surface area contributed by atoms with Crippen LogP contribution in [0.4, 0.5) is 0 Å². The van der Waals surface area contributed by atoms with Crippen molar-refractivity contribution in [2.24, 2.45) is 0 Å². The van der Waals surface area contributed by atoms with Crippen molar-refractivity contribution in [1.29, 1.82) is 0 Å². The molecule has 0 atom stereocenters. The van der Waals surface area contributed by atoms with E-state index in [0.29, 0.717) is 0 Å². The van der Waals surface area contributed by atoms with Crippen molar-refractivity contribution < 1.29 is 22.7 Å². The minimum atomic E-state index is -3.72. The molecule has 0 saturated heterocycles. The lowest BCUT2D eigenvalue weighted by Crippen LogP contribution is -2.24. The van der Waals surface area contributed by atoms with Crippen LogP contribution in [-0.4, -0.2) is 34.6 Å². The molecule has 0 saturated carbocycles. The number of carbonyl (C=O) groups is 1. The fourth-order valence-electron chi connectivity index (χ4n) is 2.65. The number of nitrogens with one attached hydrogen (secondary N) is 1. The van der Waals surface area contributed by atoms with Crippen molar-refractivity contribution in [3.8, 4) is 17.6 Å². The van der Waals surface area contributed by atoms with Gasteiger partial charge in [0.25, 0.3) is 0 Å².